The Balaban J connectivity index is 1.49. The summed E-state index contributed by atoms with van der Waals surface area (Å²) in [5.41, 5.74) is 2.65. The number of pyridine rings is 1. The minimum Gasteiger partial charge on any atom is -0.379 e. The second-order valence-corrected chi connectivity index (χ2v) is 7.75. The second-order valence-electron chi connectivity index (χ2n) is 7.75. The number of nitrogens with zero attached hydrogens (tertiary/aromatic N) is 4. The number of hydrogen-bond acceptors (Lipinski definition) is 6. The Labute approximate surface area is 186 Å². The van der Waals surface area contributed by atoms with Gasteiger partial charge in [-0.2, -0.15) is 0 Å². The molecule has 6 nitrogen and oxygen atoms in total. The van der Waals surface area contributed by atoms with E-state index in [2.05, 4.69) is 15.2 Å². The third-order valence-corrected chi connectivity index (χ3v) is 5.71. The zero-order valence-corrected chi connectivity index (χ0v) is 17.6. The average Bonchev–Trinajstić information content (AvgIpc) is 2.85. The number of nitrogens with one attached hydrogen (secondary N) is 1. The summed E-state index contributed by atoms with van der Waals surface area (Å²) in [6, 6.07) is 18.6. The van der Waals surface area contributed by atoms with Gasteiger partial charge in [-0.25, -0.2) is 14.4 Å². The summed E-state index contributed by atoms with van der Waals surface area (Å²) >= 11 is 0. The molecular weight excluding hydrogens is 405 g/mol. The largest absolute Gasteiger partial charge is 0.379 e. The fraction of sp³-hybridized carbons (Fsp3) is 0.240. The van der Waals surface area contributed by atoms with Gasteiger partial charge in [0.15, 0.2) is 5.82 Å². The van der Waals surface area contributed by atoms with Crippen LogP contribution >= 0.6 is 0 Å². The molecule has 0 spiro atoms. The van der Waals surface area contributed by atoms with Gasteiger partial charge in [0.2, 0.25) is 0 Å². The third-order valence-electron chi connectivity index (χ3n) is 5.71. The van der Waals surface area contributed by atoms with Gasteiger partial charge in [0, 0.05) is 43.0 Å². The van der Waals surface area contributed by atoms with Gasteiger partial charge in [-0.15, -0.1) is 0 Å². The SMILES string of the molecule is Fc1cccc(C(CNc2nc(-c3cccnc3)nc3ccccc23)N2CCOCC2)c1. The number of halogens is 1. The molecule has 2 aromatic carbocycles. The van der Waals surface area contributed by atoms with Crippen molar-refractivity contribution in [2.45, 2.75) is 6.04 Å². The lowest BCUT2D eigenvalue weighted by Crippen LogP contribution is -2.41. The summed E-state index contributed by atoms with van der Waals surface area (Å²) in [5.74, 6) is 1.14. The number of morpholine rings is 1. The summed E-state index contributed by atoms with van der Waals surface area (Å²) in [6.45, 7) is 3.53. The van der Waals surface area contributed by atoms with Crippen molar-refractivity contribution in [1.29, 1.82) is 0 Å². The van der Waals surface area contributed by atoms with Crippen LogP contribution in [-0.2, 0) is 4.74 Å². The molecule has 0 amide bonds. The Morgan fingerprint density at radius 1 is 1.00 bits per heavy atom. The van der Waals surface area contributed by atoms with Crippen LogP contribution in [0.5, 0.6) is 0 Å². The van der Waals surface area contributed by atoms with Crippen molar-refractivity contribution in [3.05, 3.63) is 84.4 Å². The van der Waals surface area contributed by atoms with E-state index in [1.54, 1.807) is 24.5 Å². The van der Waals surface area contributed by atoms with Crippen LogP contribution < -0.4 is 5.32 Å². The van der Waals surface area contributed by atoms with Gasteiger partial charge in [-0.05, 0) is 42.0 Å². The van der Waals surface area contributed by atoms with Crippen LogP contribution in [0.3, 0.4) is 0 Å². The van der Waals surface area contributed by atoms with Crippen molar-refractivity contribution in [2.24, 2.45) is 0 Å². The highest BCUT2D eigenvalue weighted by Gasteiger charge is 2.23. The Kier molecular flexibility index (Phi) is 6.00. The first-order valence-corrected chi connectivity index (χ1v) is 10.8. The van der Waals surface area contributed by atoms with Gasteiger partial charge in [-0.1, -0.05) is 24.3 Å². The van der Waals surface area contributed by atoms with Crippen molar-refractivity contribution in [3.8, 4) is 11.4 Å². The van der Waals surface area contributed by atoms with Crippen molar-refractivity contribution in [3.63, 3.8) is 0 Å². The predicted octanol–water partition coefficient (Wildman–Crippen LogP) is 4.32. The fourth-order valence-electron chi connectivity index (χ4n) is 4.09. The first-order valence-electron chi connectivity index (χ1n) is 10.8. The lowest BCUT2D eigenvalue weighted by molar-refractivity contribution is 0.0186. The van der Waals surface area contributed by atoms with E-state index in [4.69, 9.17) is 14.7 Å². The average molecular weight is 429 g/mol. The van der Waals surface area contributed by atoms with Gasteiger partial charge in [0.25, 0.3) is 0 Å². The van der Waals surface area contributed by atoms with Crippen LogP contribution in [0.2, 0.25) is 0 Å². The number of benzene rings is 2. The molecule has 2 aromatic heterocycles. The van der Waals surface area contributed by atoms with Gasteiger partial charge in [0.1, 0.15) is 11.6 Å². The Bertz CT molecular complexity index is 1200. The maximum Gasteiger partial charge on any atom is 0.163 e. The molecule has 5 rings (SSSR count). The highest BCUT2D eigenvalue weighted by molar-refractivity contribution is 5.90. The molecule has 32 heavy (non-hydrogen) atoms. The molecule has 0 radical (unpaired) electrons. The molecule has 1 saturated heterocycles. The number of fused-ring (bicyclic) bond motifs is 1. The maximum absolute atomic E-state index is 14.0. The highest BCUT2D eigenvalue weighted by atomic mass is 19.1. The predicted molar refractivity (Wildman–Crippen MR) is 123 cm³/mol. The zero-order chi connectivity index (χ0) is 21.8. The summed E-state index contributed by atoms with van der Waals surface area (Å²) in [7, 11) is 0. The van der Waals surface area contributed by atoms with E-state index >= 15 is 0 Å². The van der Waals surface area contributed by atoms with Crippen molar-refractivity contribution in [1.82, 2.24) is 19.9 Å². The number of ether oxygens (including phenoxy) is 1. The summed E-state index contributed by atoms with van der Waals surface area (Å²) in [5, 5.41) is 4.48. The van der Waals surface area contributed by atoms with E-state index in [0.717, 1.165) is 40.9 Å². The molecule has 162 valence electrons. The maximum atomic E-state index is 14.0. The van der Waals surface area contributed by atoms with Crippen molar-refractivity contribution < 1.29 is 9.13 Å². The van der Waals surface area contributed by atoms with Gasteiger partial charge >= 0.3 is 0 Å². The molecular formula is C25H24FN5O. The Hall–Kier alpha value is -3.42. The molecule has 7 heteroatoms. The Morgan fingerprint density at radius 2 is 1.88 bits per heavy atom. The van der Waals surface area contributed by atoms with E-state index in [9.17, 15) is 4.39 Å². The number of aromatic nitrogens is 3. The topological polar surface area (TPSA) is 63.2 Å². The van der Waals surface area contributed by atoms with Gasteiger partial charge in [-0.3, -0.25) is 9.88 Å². The molecule has 1 N–H and O–H groups in total. The van der Waals surface area contributed by atoms with Crippen LogP contribution in [0.1, 0.15) is 11.6 Å². The molecule has 0 bridgehead atoms. The summed E-state index contributed by atoms with van der Waals surface area (Å²) < 4.78 is 19.5. The lowest BCUT2D eigenvalue weighted by atomic mass is 10.0. The number of hydrogen-bond donors (Lipinski definition) is 1. The van der Waals surface area contributed by atoms with Gasteiger partial charge < -0.3 is 10.1 Å². The highest BCUT2D eigenvalue weighted by Crippen LogP contribution is 2.27. The lowest BCUT2D eigenvalue weighted by Gasteiger charge is -2.35. The van der Waals surface area contributed by atoms with Crippen LogP contribution in [0, 0.1) is 5.82 Å². The van der Waals surface area contributed by atoms with Crippen LogP contribution in [-0.4, -0.2) is 52.7 Å². The number of rotatable bonds is 6. The molecule has 1 unspecified atom stereocenters. The zero-order valence-electron chi connectivity index (χ0n) is 17.6. The molecule has 0 saturated carbocycles. The number of para-hydroxylation sites is 1. The molecule has 1 aliphatic rings. The van der Waals surface area contributed by atoms with Crippen molar-refractivity contribution >= 4 is 16.7 Å². The molecule has 1 aliphatic heterocycles. The van der Waals surface area contributed by atoms with Crippen molar-refractivity contribution in [2.75, 3.05) is 38.2 Å². The molecule has 0 aliphatic carbocycles. The fourth-order valence-corrected chi connectivity index (χ4v) is 4.09. The monoisotopic (exact) mass is 429 g/mol. The van der Waals surface area contributed by atoms with E-state index in [1.807, 2.05) is 42.5 Å². The molecule has 3 heterocycles. The normalized spacial score (nSPS) is 15.5. The third kappa shape index (κ3) is 4.44. The van der Waals surface area contributed by atoms with Crippen LogP contribution in [0.25, 0.3) is 22.3 Å². The summed E-state index contributed by atoms with van der Waals surface area (Å²) in [6.07, 6.45) is 3.49. The standard InChI is InChI=1S/C25H24FN5O/c26-20-7-3-5-18(15-20)23(31-11-13-32-14-12-31)17-28-25-21-8-1-2-9-22(21)29-24(30-25)19-6-4-10-27-16-19/h1-10,15-16,23H,11-14,17H2,(H,28,29,30). The smallest absolute Gasteiger partial charge is 0.163 e. The van der Waals surface area contributed by atoms with E-state index < -0.39 is 0 Å². The first kappa shape index (κ1) is 20.5. The quantitative estimate of drug-likeness (QED) is 0.493. The Morgan fingerprint density at radius 3 is 2.69 bits per heavy atom. The second kappa shape index (κ2) is 9.38. The van der Waals surface area contributed by atoms with E-state index in [1.165, 1.54) is 6.07 Å². The molecule has 1 atom stereocenters. The molecule has 1 fully saturated rings. The van der Waals surface area contributed by atoms with Gasteiger partial charge in [0.05, 0.1) is 24.8 Å². The van der Waals surface area contributed by atoms with E-state index in [0.29, 0.717) is 25.6 Å². The first-order chi connectivity index (χ1) is 15.8. The van der Waals surface area contributed by atoms with Crippen LogP contribution in [0.15, 0.2) is 73.1 Å². The molecule has 4 aromatic rings. The number of anilines is 1. The van der Waals surface area contributed by atoms with E-state index in [-0.39, 0.29) is 11.9 Å². The minimum atomic E-state index is -0.230. The summed E-state index contributed by atoms with van der Waals surface area (Å²) in [4.78, 5) is 16.1. The van der Waals surface area contributed by atoms with Crippen LogP contribution in [0.4, 0.5) is 10.2 Å². The minimum absolute atomic E-state index is 0.00910.